The summed E-state index contributed by atoms with van der Waals surface area (Å²) in [5.74, 6) is -1.62. The lowest BCUT2D eigenvalue weighted by atomic mass is 9.76. The van der Waals surface area contributed by atoms with Gasteiger partial charge in [0.2, 0.25) is 5.95 Å². The maximum Gasteiger partial charge on any atom is 0.253 e. The number of rotatable bonds is 8. The van der Waals surface area contributed by atoms with Gasteiger partial charge in [0.1, 0.15) is 5.84 Å². The van der Waals surface area contributed by atoms with E-state index >= 15 is 0 Å². The molecule has 1 aliphatic heterocycles. The van der Waals surface area contributed by atoms with E-state index in [2.05, 4.69) is 26.3 Å². The minimum absolute atomic E-state index is 0.0256. The Labute approximate surface area is 181 Å². The van der Waals surface area contributed by atoms with E-state index in [1.165, 1.54) is 18.5 Å². The molecule has 1 aliphatic carbocycles. The number of methoxy groups -OCH3 is 1. The van der Waals surface area contributed by atoms with E-state index < -0.39 is 17.4 Å². The summed E-state index contributed by atoms with van der Waals surface area (Å²) in [7, 11) is 1.73. The van der Waals surface area contributed by atoms with Crippen molar-refractivity contribution in [3.63, 3.8) is 0 Å². The SMILES string of the molecule is COC1CN(C2CCC(CC#N)(N/C=C(/C(N)=O)C(N)=Nc3ccnc(F)c3)CC2)C1. The zero-order chi connectivity index (χ0) is 22.4. The molecule has 0 bridgehead atoms. The molecule has 1 saturated heterocycles. The third-order valence-electron chi connectivity index (χ3n) is 6.08. The highest BCUT2D eigenvalue weighted by Crippen LogP contribution is 2.35. The first-order valence-corrected chi connectivity index (χ1v) is 10.2. The first kappa shape index (κ1) is 22.7. The summed E-state index contributed by atoms with van der Waals surface area (Å²) in [5, 5.41) is 12.6. The molecule has 0 unspecified atom stereocenters. The van der Waals surface area contributed by atoms with Crippen LogP contribution in [0.1, 0.15) is 32.1 Å². The second-order valence-corrected chi connectivity index (χ2v) is 8.06. The maximum atomic E-state index is 13.3. The molecule has 1 aromatic heterocycles. The van der Waals surface area contributed by atoms with Crippen LogP contribution in [-0.4, -0.2) is 59.5 Å². The molecular formula is C21H28FN7O2. The number of carbonyl (C=O) groups is 1. The summed E-state index contributed by atoms with van der Waals surface area (Å²) < 4.78 is 18.6. The average Bonchev–Trinajstić information content (AvgIpc) is 2.69. The number of nitrogens with zero attached hydrogens (tertiary/aromatic N) is 4. The number of nitrogens with two attached hydrogens (primary N) is 2. The number of aliphatic imine (C=N–C) groups is 1. The van der Waals surface area contributed by atoms with Crippen LogP contribution in [0.5, 0.6) is 0 Å². The molecule has 0 aromatic carbocycles. The smallest absolute Gasteiger partial charge is 0.253 e. The molecule has 10 heteroatoms. The van der Waals surface area contributed by atoms with Crippen molar-refractivity contribution in [2.45, 2.75) is 49.8 Å². The molecule has 166 valence electrons. The highest BCUT2D eigenvalue weighted by atomic mass is 19.1. The first-order valence-electron chi connectivity index (χ1n) is 10.2. The molecule has 2 fully saturated rings. The average molecular weight is 430 g/mol. The molecule has 0 atom stereocenters. The molecule has 5 N–H and O–H groups in total. The van der Waals surface area contributed by atoms with Crippen LogP contribution in [0.4, 0.5) is 10.1 Å². The number of aromatic nitrogens is 1. The van der Waals surface area contributed by atoms with E-state index in [1.54, 1.807) is 7.11 Å². The number of halogens is 1. The van der Waals surface area contributed by atoms with Gasteiger partial charge < -0.3 is 21.5 Å². The number of amidine groups is 1. The van der Waals surface area contributed by atoms with Gasteiger partial charge in [0.15, 0.2) is 0 Å². The monoisotopic (exact) mass is 429 g/mol. The van der Waals surface area contributed by atoms with Crippen LogP contribution in [0.3, 0.4) is 0 Å². The van der Waals surface area contributed by atoms with Crippen molar-refractivity contribution in [1.29, 1.82) is 5.26 Å². The van der Waals surface area contributed by atoms with Gasteiger partial charge in [-0.15, -0.1) is 0 Å². The van der Waals surface area contributed by atoms with Gasteiger partial charge in [0.05, 0.1) is 29.9 Å². The van der Waals surface area contributed by atoms with E-state index in [-0.39, 0.29) is 23.5 Å². The summed E-state index contributed by atoms with van der Waals surface area (Å²) >= 11 is 0. The van der Waals surface area contributed by atoms with Crippen LogP contribution < -0.4 is 16.8 Å². The second-order valence-electron chi connectivity index (χ2n) is 8.06. The van der Waals surface area contributed by atoms with Crippen LogP contribution in [0.25, 0.3) is 0 Å². The molecule has 1 aromatic rings. The van der Waals surface area contributed by atoms with Crippen molar-refractivity contribution in [3.05, 3.63) is 36.1 Å². The Balaban J connectivity index is 1.70. The van der Waals surface area contributed by atoms with Gasteiger partial charge in [-0.05, 0) is 31.7 Å². The van der Waals surface area contributed by atoms with Crippen LogP contribution in [0.2, 0.25) is 0 Å². The molecule has 31 heavy (non-hydrogen) atoms. The number of hydrogen-bond donors (Lipinski definition) is 3. The maximum absolute atomic E-state index is 13.3. The van der Waals surface area contributed by atoms with Crippen molar-refractivity contribution < 1.29 is 13.9 Å². The molecular weight excluding hydrogens is 401 g/mol. The number of likely N-dealkylation sites (tertiary alicyclic amines) is 1. The standard InChI is InChI=1S/C21H28FN7O2/c1-31-16-12-29(13-16)15-2-5-21(6-3-15,7-8-23)27-11-17(20(25)30)19(24)28-14-4-9-26-18(22)10-14/h4,9-11,15-16,27H,2-3,5-7,12-13H2,1H3,(H2,25,30)(H2,24,26,28)/b17-11+. The van der Waals surface area contributed by atoms with Crippen molar-refractivity contribution >= 4 is 17.4 Å². The van der Waals surface area contributed by atoms with Crippen molar-refractivity contribution in [2.75, 3.05) is 20.2 Å². The Kier molecular flexibility index (Phi) is 7.20. The lowest BCUT2D eigenvalue weighted by Gasteiger charge is -2.48. The Morgan fingerprint density at radius 3 is 2.77 bits per heavy atom. The number of ether oxygens (including phenoxy) is 1. The fourth-order valence-corrected chi connectivity index (χ4v) is 4.12. The number of pyridine rings is 1. The van der Waals surface area contributed by atoms with Gasteiger partial charge in [0.25, 0.3) is 5.91 Å². The third kappa shape index (κ3) is 5.57. The molecule has 3 rings (SSSR count). The fourth-order valence-electron chi connectivity index (χ4n) is 4.12. The molecule has 1 saturated carbocycles. The minimum atomic E-state index is -0.768. The fraction of sp³-hybridized carbons (Fsp3) is 0.524. The van der Waals surface area contributed by atoms with Crippen LogP contribution in [-0.2, 0) is 9.53 Å². The summed E-state index contributed by atoms with van der Waals surface area (Å²) in [4.78, 5) is 21.9. The molecule has 2 aliphatic rings. The highest BCUT2D eigenvalue weighted by molar-refractivity contribution is 6.20. The molecule has 0 radical (unpaired) electrons. The van der Waals surface area contributed by atoms with Gasteiger partial charge in [-0.3, -0.25) is 9.69 Å². The van der Waals surface area contributed by atoms with E-state index in [9.17, 15) is 14.4 Å². The van der Waals surface area contributed by atoms with Gasteiger partial charge in [-0.1, -0.05) is 0 Å². The number of carbonyl (C=O) groups excluding carboxylic acids is 1. The van der Waals surface area contributed by atoms with E-state index in [0.717, 1.165) is 44.8 Å². The third-order valence-corrected chi connectivity index (χ3v) is 6.08. The number of nitriles is 1. The van der Waals surface area contributed by atoms with Crippen LogP contribution in [0, 0.1) is 17.3 Å². The first-order chi connectivity index (χ1) is 14.9. The quantitative estimate of drug-likeness (QED) is 0.243. The minimum Gasteiger partial charge on any atom is -0.384 e. The number of hydrogen-bond acceptors (Lipinski definition) is 7. The normalized spacial score (nSPS) is 25.5. The Bertz CT molecular complexity index is 897. The van der Waals surface area contributed by atoms with E-state index in [4.69, 9.17) is 16.2 Å². The predicted molar refractivity (Wildman–Crippen MR) is 113 cm³/mol. The van der Waals surface area contributed by atoms with Crippen molar-refractivity contribution in [2.24, 2.45) is 16.5 Å². The molecule has 0 spiro atoms. The molecule has 2 heterocycles. The summed E-state index contributed by atoms with van der Waals surface area (Å²) in [6.45, 7) is 1.88. The summed E-state index contributed by atoms with van der Waals surface area (Å²) in [6.07, 6.45) is 6.69. The van der Waals surface area contributed by atoms with E-state index in [1.807, 2.05) is 0 Å². The number of primary amides is 1. The Morgan fingerprint density at radius 2 is 2.19 bits per heavy atom. The predicted octanol–water partition coefficient (Wildman–Crippen LogP) is 1.09. The van der Waals surface area contributed by atoms with Gasteiger partial charge in [-0.2, -0.15) is 9.65 Å². The van der Waals surface area contributed by atoms with Crippen molar-refractivity contribution in [1.82, 2.24) is 15.2 Å². The zero-order valence-corrected chi connectivity index (χ0v) is 17.6. The second kappa shape index (κ2) is 9.85. The van der Waals surface area contributed by atoms with Crippen molar-refractivity contribution in [3.8, 4) is 6.07 Å². The summed E-state index contributed by atoms with van der Waals surface area (Å²) in [5.41, 5.74) is 11.2. The van der Waals surface area contributed by atoms with Gasteiger partial charge in [-0.25, -0.2) is 9.98 Å². The van der Waals surface area contributed by atoms with Gasteiger partial charge in [0, 0.05) is 50.2 Å². The van der Waals surface area contributed by atoms with E-state index in [0.29, 0.717) is 12.1 Å². The number of amides is 1. The summed E-state index contributed by atoms with van der Waals surface area (Å²) in [6, 6.07) is 5.27. The molecule has 9 nitrogen and oxygen atoms in total. The molecule has 1 amide bonds. The van der Waals surface area contributed by atoms with Gasteiger partial charge >= 0.3 is 0 Å². The lowest BCUT2D eigenvalue weighted by Crippen LogP contribution is -2.58. The Hall–Kier alpha value is -3.03. The number of nitrogens with one attached hydrogen (secondary N) is 1. The topological polar surface area (TPSA) is 143 Å². The van der Waals surface area contributed by atoms with Crippen LogP contribution in [0.15, 0.2) is 35.1 Å². The van der Waals surface area contributed by atoms with Crippen LogP contribution >= 0.6 is 0 Å². The Morgan fingerprint density at radius 1 is 1.48 bits per heavy atom. The zero-order valence-electron chi connectivity index (χ0n) is 17.6. The highest BCUT2D eigenvalue weighted by Gasteiger charge is 2.40. The largest absolute Gasteiger partial charge is 0.384 e. The lowest BCUT2D eigenvalue weighted by molar-refractivity contribution is -0.114.